The Hall–Kier alpha value is -3.32. The standard InChI is InChI=1S/C21H20N6O/c1-14-18(27-10-5-9-22-21(27)23-14)13-26-11-8-17-16(12-26)20(28)25-19(24-17)15-6-3-2-4-7-15/h2-7,9-10H,8,11-13H2,1H3,(H,24,25,28). The summed E-state index contributed by atoms with van der Waals surface area (Å²) >= 11 is 0. The van der Waals surface area contributed by atoms with Crippen LogP contribution in [-0.2, 0) is 19.5 Å². The van der Waals surface area contributed by atoms with Gasteiger partial charge in [0.25, 0.3) is 5.56 Å². The van der Waals surface area contributed by atoms with Crippen LogP contribution >= 0.6 is 0 Å². The van der Waals surface area contributed by atoms with Crippen LogP contribution in [0.25, 0.3) is 17.2 Å². The number of aromatic nitrogens is 5. The summed E-state index contributed by atoms with van der Waals surface area (Å²) < 4.78 is 2.02. The number of H-pyrrole nitrogens is 1. The van der Waals surface area contributed by atoms with E-state index in [0.29, 0.717) is 18.1 Å². The summed E-state index contributed by atoms with van der Waals surface area (Å²) in [4.78, 5) is 31.5. The van der Waals surface area contributed by atoms with Crippen molar-refractivity contribution >= 4 is 5.78 Å². The van der Waals surface area contributed by atoms with Crippen molar-refractivity contribution in [2.75, 3.05) is 6.54 Å². The first-order valence-electron chi connectivity index (χ1n) is 9.37. The summed E-state index contributed by atoms with van der Waals surface area (Å²) in [6.45, 7) is 4.16. The van der Waals surface area contributed by atoms with Crippen molar-refractivity contribution in [2.45, 2.75) is 26.4 Å². The normalized spacial score (nSPS) is 14.3. The second-order valence-electron chi connectivity index (χ2n) is 7.10. The molecule has 0 aliphatic carbocycles. The largest absolute Gasteiger partial charge is 0.306 e. The van der Waals surface area contributed by atoms with E-state index in [4.69, 9.17) is 4.98 Å². The minimum Gasteiger partial charge on any atom is -0.306 e. The third-order valence-corrected chi connectivity index (χ3v) is 5.27. The molecule has 7 heteroatoms. The molecule has 0 amide bonds. The number of hydrogen-bond acceptors (Lipinski definition) is 5. The summed E-state index contributed by atoms with van der Waals surface area (Å²) in [6, 6.07) is 11.7. The number of benzene rings is 1. The van der Waals surface area contributed by atoms with Crippen molar-refractivity contribution in [1.82, 2.24) is 29.2 Å². The van der Waals surface area contributed by atoms with E-state index in [2.05, 4.69) is 19.9 Å². The zero-order valence-corrected chi connectivity index (χ0v) is 15.6. The third-order valence-electron chi connectivity index (χ3n) is 5.27. The minimum absolute atomic E-state index is 0.0508. The lowest BCUT2D eigenvalue weighted by atomic mass is 10.1. The lowest BCUT2D eigenvalue weighted by Crippen LogP contribution is -2.35. The number of nitrogens with zero attached hydrogens (tertiary/aromatic N) is 5. The summed E-state index contributed by atoms with van der Waals surface area (Å²) in [5, 5.41) is 0. The number of fused-ring (bicyclic) bond motifs is 2. The van der Waals surface area contributed by atoms with Crippen molar-refractivity contribution in [3.05, 3.63) is 81.8 Å². The Balaban J connectivity index is 1.44. The minimum atomic E-state index is -0.0508. The van der Waals surface area contributed by atoms with Crippen LogP contribution in [-0.4, -0.2) is 35.8 Å². The Morgan fingerprint density at radius 1 is 1.14 bits per heavy atom. The molecule has 1 N–H and O–H groups in total. The van der Waals surface area contributed by atoms with E-state index < -0.39 is 0 Å². The van der Waals surface area contributed by atoms with Crippen LogP contribution in [0.5, 0.6) is 0 Å². The van der Waals surface area contributed by atoms with Gasteiger partial charge in [0.15, 0.2) is 0 Å². The summed E-state index contributed by atoms with van der Waals surface area (Å²) in [7, 11) is 0. The van der Waals surface area contributed by atoms with E-state index >= 15 is 0 Å². The Morgan fingerprint density at radius 3 is 2.86 bits per heavy atom. The molecule has 3 aromatic heterocycles. The number of hydrogen-bond donors (Lipinski definition) is 1. The highest BCUT2D eigenvalue weighted by molar-refractivity contribution is 5.54. The predicted octanol–water partition coefficient (Wildman–Crippen LogP) is 2.35. The van der Waals surface area contributed by atoms with Gasteiger partial charge >= 0.3 is 0 Å². The van der Waals surface area contributed by atoms with E-state index in [1.54, 1.807) is 6.20 Å². The van der Waals surface area contributed by atoms with Gasteiger partial charge in [0.1, 0.15) is 5.82 Å². The molecule has 0 unspecified atom stereocenters. The van der Waals surface area contributed by atoms with Gasteiger partial charge in [-0.25, -0.2) is 15.0 Å². The van der Waals surface area contributed by atoms with Gasteiger partial charge in [-0.1, -0.05) is 30.3 Å². The summed E-state index contributed by atoms with van der Waals surface area (Å²) in [6.07, 6.45) is 4.49. The van der Waals surface area contributed by atoms with Crippen LogP contribution in [0.2, 0.25) is 0 Å². The maximum absolute atomic E-state index is 12.7. The molecule has 0 radical (unpaired) electrons. The van der Waals surface area contributed by atoms with Crippen molar-refractivity contribution in [3.63, 3.8) is 0 Å². The molecule has 0 spiro atoms. The lowest BCUT2D eigenvalue weighted by molar-refractivity contribution is 0.238. The van der Waals surface area contributed by atoms with E-state index in [9.17, 15) is 4.79 Å². The van der Waals surface area contributed by atoms with Gasteiger partial charge in [0.2, 0.25) is 5.78 Å². The van der Waals surface area contributed by atoms with Crippen LogP contribution < -0.4 is 5.56 Å². The molecule has 0 saturated heterocycles. The van der Waals surface area contributed by atoms with Crippen LogP contribution in [0.15, 0.2) is 53.6 Å². The number of aromatic amines is 1. The molecule has 1 aromatic carbocycles. The highest BCUT2D eigenvalue weighted by atomic mass is 16.1. The smallest absolute Gasteiger partial charge is 0.255 e. The number of imidazole rings is 1. The van der Waals surface area contributed by atoms with E-state index in [1.807, 2.05) is 53.9 Å². The van der Waals surface area contributed by atoms with Crippen molar-refractivity contribution < 1.29 is 0 Å². The zero-order valence-electron chi connectivity index (χ0n) is 15.6. The molecule has 1 aliphatic rings. The summed E-state index contributed by atoms with van der Waals surface area (Å²) in [5.74, 6) is 1.35. The van der Waals surface area contributed by atoms with Gasteiger partial charge in [0, 0.05) is 44.0 Å². The second kappa shape index (κ2) is 6.69. The fourth-order valence-electron chi connectivity index (χ4n) is 3.80. The van der Waals surface area contributed by atoms with Crippen molar-refractivity contribution in [2.24, 2.45) is 0 Å². The first-order chi connectivity index (χ1) is 13.7. The van der Waals surface area contributed by atoms with Crippen molar-refractivity contribution in [1.29, 1.82) is 0 Å². The molecule has 0 bridgehead atoms. The lowest BCUT2D eigenvalue weighted by Gasteiger charge is -2.27. The molecule has 140 valence electrons. The second-order valence-corrected chi connectivity index (χ2v) is 7.10. The quantitative estimate of drug-likeness (QED) is 0.597. The molecule has 5 rings (SSSR count). The topological polar surface area (TPSA) is 79.2 Å². The van der Waals surface area contributed by atoms with Gasteiger partial charge in [-0.2, -0.15) is 0 Å². The molecule has 28 heavy (non-hydrogen) atoms. The molecule has 0 saturated carbocycles. The number of nitrogens with one attached hydrogen (secondary N) is 1. The molecule has 7 nitrogen and oxygen atoms in total. The Bertz CT molecular complexity index is 1210. The third kappa shape index (κ3) is 2.90. The summed E-state index contributed by atoms with van der Waals surface area (Å²) in [5.41, 5.74) is 4.61. The predicted molar refractivity (Wildman–Crippen MR) is 106 cm³/mol. The van der Waals surface area contributed by atoms with Crippen LogP contribution in [0.3, 0.4) is 0 Å². The average Bonchev–Trinajstić information content (AvgIpc) is 3.04. The van der Waals surface area contributed by atoms with Crippen molar-refractivity contribution in [3.8, 4) is 11.4 Å². The maximum Gasteiger partial charge on any atom is 0.255 e. The fourth-order valence-corrected chi connectivity index (χ4v) is 3.80. The van der Waals surface area contributed by atoms with Gasteiger partial charge in [-0.3, -0.25) is 14.1 Å². The van der Waals surface area contributed by atoms with E-state index in [0.717, 1.165) is 47.7 Å². The first kappa shape index (κ1) is 16.8. The molecule has 1 aliphatic heterocycles. The highest BCUT2D eigenvalue weighted by Crippen LogP contribution is 2.21. The molecule has 0 atom stereocenters. The Morgan fingerprint density at radius 2 is 2.00 bits per heavy atom. The zero-order chi connectivity index (χ0) is 19.1. The SMILES string of the molecule is Cc1nc2ncccn2c1CN1CCc2nc(-c3ccccc3)[nH]c(=O)c2C1. The van der Waals surface area contributed by atoms with Gasteiger partial charge in [-0.05, 0) is 13.0 Å². The Kier molecular flexibility index (Phi) is 4.02. The maximum atomic E-state index is 12.7. The molecular formula is C21H20N6O. The van der Waals surface area contributed by atoms with E-state index in [1.165, 1.54) is 0 Å². The number of rotatable bonds is 3. The Labute approximate surface area is 161 Å². The monoisotopic (exact) mass is 372 g/mol. The van der Waals surface area contributed by atoms with Gasteiger partial charge in [0.05, 0.1) is 22.6 Å². The number of aryl methyl sites for hydroxylation is 1. The van der Waals surface area contributed by atoms with Crippen LogP contribution in [0, 0.1) is 6.92 Å². The highest BCUT2D eigenvalue weighted by Gasteiger charge is 2.23. The van der Waals surface area contributed by atoms with Crippen LogP contribution in [0.4, 0.5) is 0 Å². The molecule has 4 aromatic rings. The molecule has 0 fully saturated rings. The fraction of sp³-hybridized carbons (Fsp3) is 0.238. The van der Waals surface area contributed by atoms with Gasteiger partial charge in [-0.15, -0.1) is 0 Å². The van der Waals surface area contributed by atoms with Crippen LogP contribution in [0.1, 0.15) is 22.6 Å². The molecule has 4 heterocycles. The molecular weight excluding hydrogens is 352 g/mol. The van der Waals surface area contributed by atoms with Gasteiger partial charge < -0.3 is 4.98 Å². The van der Waals surface area contributed by atoms with E-state index in [-0.39, 0.29) is 5.56 Å². The average molecular weight is 372 g/mol. The first-order valence-corrected chi connectivity index (χ1v) is 9.37.